The first kappa shape index (κ1) is 20.8. The minimum atomic E-state index is 0.430. The number of hydrogen-bond donors (Lipinski definition) is 1. The molecule has 174 valence electrons. The van der Waals surface area contributed by atoms with E-state index in [4.69, 9.17) is 19.4 Å². The number of aromatic amines is 1. The number of H-pyrrole nitrogens is 1. The van der Waals surface area contributed by atoms with E-state index in [1.807, 2.05) is 13.1 Å². The van der Waals surface area contributed by atoms with Crippen LogP contribution in [0, 0.1) is 18.3 Å². The summed E-state index contributed by atoms with van der Waals surface area (Å²) in [5.41, 5.74) is 3.03. The number of aromatic nitrogens is 5. The smallest absolute Gasteiger partial charge is 0.165 e. The van der Waals surface area contributed by atoms with Crippen molar-refractivity contribution in [3.8, 4) is 17.1 Å². The van der Waals surface area contributed by atoms with Gasteiger partial charge in [-0.05, 0) is 38.1 Å². The molecule has 0 radical (unpaired) electrons. The second-order valence-electron chi connectivity index (χ2n) is 9.87. The fourth-order valence-electron chi connectivity index (χ4n) is 5.66. The molecule has 0 saturated carbocycles. The summed E-state index contributed by atoms with van der Waals surface area (Å²) in [5.74, 6) is 3.06. The van der Waals surface area contributed by atoms with Gasteiger partial charge in [0.1, 0.15) is 11.6 Å². The number of methoxy groups -OCH3 is 1. The Morgan fingerprint density at radius 1 is 1.15 bits per heavy atom. The van der Waals surface area contributed by atoms with Gasteiger partial charge in [-0.3, -0.25) is 10.1 Å². The first-order valence-corrected chi connectivity index (χ1v) is 11.9. The van der Waals surface area contributed by atoms with Crippen LogP contribution in [0.15, 0.2) is 18.6 Å². The van der Waals surface area contributed by atoms with E-state index in [-0.39, 0.29) is 0 Å². The quantitative estimate of drug-likeness (QED) is 0.636. The van der Waals surface area contributed by atoms with Gasteiger partial charge in [0.2, 0.25) is 0 Å². The minimum Gasteiger partial charge on any atom is -0.494 e. The van der Waals surface area contributed by atoms with Gasteiger partial charge in [-0.1, -0.05) is 0 Å². The standard InChI is InChI=1S/C24H31N7O2/c1-16-18(9-26-29-16)22-27-19-10-25-11-20(32-2)21(19)23(28-22)31-7-4-24(5-8-31)3-6-30(15-24)12-17-13-33-14-17/h9-11,17H,3-8,12-15H2,1-2H3,(H,26,29). The lowest BCUT2D eigenvalue weighted by Gasteiger charge is -2.40. The second kappa shape index (κ2) is 8.22. The molecule has 3 aliphatic rings. The van der Waals surface area contributed by atoms with Crippen LogP contribution in [-0.2, 0) is 4.74 Å². The highest BCUT2D eigenvalue weighted by molar-refractivity contribution is 5.95. The van der Waals surface area contributed by atoms with Gasteiger partial charge in [-0.15, -0.1) is 0 Å². The predicted octanol–water partition coefficient (Wildman–Crippen LogP) is 2.67. The highest BCUT2D eigenvalue weighted by Crippen LogP contribution is 2.43. The molecule has 3 aliphatic heterocycles. The molecule has 33 heavy (non-hydrogen) atoms. The SMILES string of the molecule is COc1cncc2nc(-c3c[nH]nc3C)nc(N3CCC4(CCN(CC5COC5)C4)CC3)c12. The average Bonchev–Trinajstić information content (AvgIpc) is 3.42. The Bertz CT molecular complexity index is 1150. The lowest BCUT2D eigenvalue weighted by atomic mass is 9.77. The zero-order valence-corrected chi connectivity index (χ0v) is 19.4. The zero-order valence-electron chi connectivity index (χ0n) is 19.4. The summed E-state index contributed by atoms with van der Waals surface area (Å²) in [6.45, 7) is 9.45. The first-order chi connectivity index (χ1) is 16.1. The van der Waals surface area contributed by atoms with Gasteiger partial charge in [0.15, 0.2) is 5.82 Å². The molecule has 3 aromatic rings. The fraction of sp³-hybridized carbons (Fsp3) is 0.583. The van der Waals surface area contributed by atoms with E-state index in [0.717, 1.165) is 60.2 Å². The molecular weight excluding hydrogens is 418 g/mol. The Morgan fingerprint density at radius 3 is 2.67 bits per heavy atom. The number of pyridine rings is 1. The van der Waals surface area contributed by atoms with Crippen molar-refractivity contribution in [2.45, 2.75) is 26.2 Å². The largest absolute Gasteiger partial charge is 0.494 e. The summed E-state index contributed by atoms with van der Waals surface area (Å²) in [6, 6.07) is 0. The molecule has 6 rings (SSSR count). The van der Waals surface area contributed by atoms with E-state index >= 15 is 0 Å². The van der Waals surface area contributed by atoms with Crippen molar-refractivity contribution in [1.29, 1.82) is 0 Å². The monoisotopic (exact) mass is 449 g/mol. The third-order valence-corrected chi connectivity index (χ3v) is 7.71. The Labute approximate surface area is 193 Å². The van der Waals surface area contributed by atoms with Gasteiger partial charge in [0.25, 0.3) is 0 Å². The fourth-order valence-corrected chi connectivity index (χ4v) is 5.66. The van der Waals surface area contributed by atoms with E-state index in [0.29, 0.717) is 17.0 Å². The molecule has 0 unspecified atom stereocenters. The van der Waals surface area contributed by atoms with E-state index < -0.39 is 0 Å². The number of nitrogens with zero attached hydrogens (tertiary/aromatic N) is 6. The zero-order chi connectivity index (χ0) is 22.4. The maximum atomic E-state index is 5.67. The molecule has 1 N–H and O–H groups in total. The van der Waals surface area contributed by atoms with Crippen LogP contribution in [0.25, 0.3) is 22.3 Å². The lowest BCUT2D eigenvalue weighted by molar-refractivity contribution is -0.0452. The summed E-state index contributed by atoms with van der Waals surface area (Å²) < 4.78 is 11.0. The van der Waals surface area contributed by atoms with E-state index in [1.54, 1.807) is 19.5 Å². The molecular formula is C24H31N7O2. The van der Waals surface area contributed by atoms with Crippen molar-refractivity contribution in [2.75, 3.05) is 57.9 Å². The number of nitrogens with one attached hydrogen (secondary N) is 1. The van der Waals surface area contributed by atoms with Crippen molar-refractivity contribution >= 4 is 16.7 Å². The molecule has 0 atom stereocenters. The van der Waals surface area contributed by atoms with E-state index in [1.165, 1.54) is 38.9 Å². The highest BCUT2D eigenvalue weighted by Gasteiger charge is 2.42. The van der Waals surface area contributed by atoms with Crippen LogP contribution in [0.4, 0.5) is 5.82 Å². The van der Waals surface area contributed by atoms with Crippen LogP contribution in [0.5, 0.6) is 5.75 Å². The van der Waals surface area contributed by atoms with Crippen molar-refractivity contribution in [3.63, 3.8) is 0 Å². The molecule has 0 aromatic carbocycles. The Kier molecular flexibility index (Phi) is 5.18. The number of likely N-dealkylation sites (tertiary alicyclic amines) is 1. The van der Waals surface area contributed by atoms with Gasteiger partial charge in [0.05, 0.1) is 54.9 Å². The van der Waals surface area contributed by atoms with Gasteiger partial charge >= 0.3 is 0 Å². The first-order valence-electron chi connectivity index (χ1n) is 11.9. The van der Waals surface area contributed by atoms with E-state index in [2.05, 4.69) is 25.0 Å². The number of hydrogen-bond acceptors (Lipinski definition) is 8. The third kappa shape index (κ3) is 3.73. The van der Waals surface area contributed by atoms with Crippen LogP contribution in [0.3, 0.4) is 0 Å². The topological polar surface area (TPSA) is 92.3 Å². The molecule has 0 aliphatic carbocycles. The Morgan fingerprint density at radius 2 is 1.97 bits per heavy atom. The maximum Gasteiger partial charge on any atom is 0.165 e. The minimum absolute atomic E-state index is 0.430. The molecule has 9 heteroatoms. The van der Waals surface area contributed by atoms with Gasteiger partial charge in [0, 0.05) is 38.3 Å². The summed E-state index contributed by atoms with van der Waals surface area (Å²) in [7, 11) is 1.68. The number of fused-ring (bicyclic) bond motifs is 1. The second-order valence-corrected chi connectivity index (χ2v) is 9.87. The molecule has 1 spiro atoms. The van der Waals surface area contributed by atoms with Crippen molar-refractivity contribution in [2.24, 2.45) is 11.3 Å². The summed E-state index contributed by atoms with van der Waals surface area (Å²) in [5, 5.41) is 8.13. The molecule has 0 amide bonds. The summed E-state index contributed by atoms with van der Waals surface area (Å²) in [6.07, 6.45) is 9.08. The number of ether oxygens (including phenoxy) is 2. The van der Waals surface area contributed by atoms with Crippen molar-refractivity contribution in [1.82, 2.24) is 30.0 Å². The number of piperidine rings is 1. The maximum absolute atomic E-state index is 5.67. The van der Waals surface area contributed by atoms with Crippen molar-refractivity contribution in [3.05, 3.63) is 24.3 Å². The molecule has 9 nitrogen and oxygen atoms in total. The van der Waals surface area contributed by atoms with Crippen LogP contribution in [0.2, 0.25) is 0 Å². The average molecular weight is 450 g/mol. The normalized spacial score (nSPS) is 21.1. The predicted molar refractivity (Wildman–Crippen MR) is 125 cm³/mol. The number of anilines is 1. The van der Waals surface area contributed by atoms with Crippen LogP contribution >= 0.6 is 0 Å². The van der Waals surface area contributed by atoms with E-state index in [9.17, 15) is 0 Å². The van der Waals surface area contributed by atoms with Crippen LogP contribution in [0.1, 0.15) is 25.0 Å². The molecule has 3 fully saturated rings. The van der Waals surface area contributed by atoms with Crippen LogP contribution < -0.4 is 9.64 Å². The summed E-state index contributed by atoms with van der Waals surface area (Å²) in [4.78, 5) is 19.3. The molecule has 3 saturated heterocycles. The van der Waals surface area contributed by atoms with Gasteiger partial charge in [-0.25, -0.2) is 9.97 Å². The Hall–Kier alpha value is -2.78. The Balaban J connectivity index is 1.28. The van der Waals surface area contributed by atoms with Gasteiger partial charge in [-0.2, -0.15) is 5.10 Å². The summed E-state index contributed by atoms with van der Waals surface area (Å²) >= 11 is 0. The van der Waals surface area contributed by atoms with Gasteiger partial charge < -0.3 is 19.3 Å². The highest BCUT2D eigenvalue weighted by atomic mass is 16.5. The molecule has 6 heterocycles. The molecule has 3 aromatic heterocycles. The van der Waals surface area contributed by atoms with Crippen LogP contribution in [-0.4, -0.2) is 83.1 Å². The lowest BCUT2D eigenvalue weighted by Crippen LogP contribution is -2.43. The molecule has 0 bridgehead atoms. The third-order valence-electron chi connectivity index (χ3n) is 7.71. The van der Waals surface area contributed by atoms with Crippen molar-refractivity contribution < 1.29 is 9.47 Å². The number of rotatable bonds is 5. The number of aryl methyl sites for hydroxylation is 1.